The first-order valence-electron chi connectivity index (χ1n) is 7.56. The van der Waals surface area contributed by atoms with Crippen LogP contribution in [0.15, 0.2) is 77.8 Å². The summed E-state index contributed by atoms with van der Waals surface area (Å²) < 4.78 is 27.2. The highest BCUT2D eigenvalue weighted by Gasteiger charge is 2.17. The van der Waals surface area contributed by atoms with Crippen LogP contribution in [0.1, 0.15) is 5.56 Å². The Hall–Kier alpha value is -2.57. The first-order chi connectivity index (χ1) is 12.0. The third-order valence-electron chi connectivity index (χ3n) is 3.46. The Labute approximate surface area is 151 Å². The molecule has 5 nitrogen and oxygen atoms in total. The van der Waals surface area contributed by atoms with Gasteiger partial charge in [0, 0.05) is 6.54 Å². The molecule has 2 N–H and O–H groups in total. The number of pyridine rings is 1. The highest BCUT2D eigenvalue weighted by Crippen LogP contribution is 2.23. The molecule has 1 heterocycles. The summed E-state index contributed by atoms with van der Waals surface area (Å²) in [4.78, 5) is 4.25. The van der Waals surface area contributed by atoms with E-state index in [0.717, 1.165) is 5.56 Å². The lowest BCUT2D eigenvalue weighted by molar-refractivity contribution is 0.601. The summed E-state index contributed by atoms with van der Waals surface area (Å²) in [5, 5.41) is 3.35. The van der Waals surface area contributed by atoms with Crippen molar-refractivity contribution in [3.8, 4) is 0 Å². The summed E-state index contributed by atoms with van der Waals surface area (Å²) >= 11 is 5.95. The van der Waals surface area contributed by atoms with E-state index in [-0.39, 0.29) is 9.92 Å². The van der Waals surface area contributed by atoms with Gasteiger partial charge in [-0.05, 0) is 29.8 Å². The van der Waals surface area contributed by atoms with Gasteiger partial charge in [0.05, 0.1) is 16.9 Å². The molecule has 0 spiro atoms. The largest absolute Gasteiger partial charge is 0.366 e. The van der Waals surface area contributed by atoms with Crippen LogP contribution in [-0.4, -0.2) is 13.4 Å². The first kappa shape index (κ1) is 17.3. The van der Waals surface area contributed by atoms with E-state index in [1.54, 1.807) is 24.3 Å². The van der Waals surface area contributed by atoms with Crippen LogP contribution in [0.5, 0.6) is 0 Å². The second-order valence-corrected chi connectivity index (χ2v) is 7.37. The Morgan fingerprint density at radius 1 is 0.920 bits per heavy atom. The lowest BCUT2D eigenvalue weighted by atomic mass is 10.2. The standard InChI is InChI=1S/C18H16ClN3O2S/c19-16-8-4-5-9-17(16)25(23,24)22-15-10-11-18(21-13-15)20-12-14-6-2-1-3-7-14/h1-11,13,22H,12H2,(H,20,21). The van der Waals surface area contributed by atoms with E-state index in [0.29, 0.717) is 18.1 Å². The average Bonchev–Trinajstić information content (AvgIpc) is 2.62. The molecule has 3 rings (SSSR count). The molecule has 0 atom stereocenters. The number of nitrogens with zero attached hydrogens (tertiary/aromatic N) is 1. The molecule has 3 aromatic rings. The Morgan fingerprint density at radius 2 is 1.64 bits per heavy atom. The zero-order chi connectivity index (χ0) is 17.7. The number of sulfonamides is 1. The molecular formula is C18H16ClN3O2S. The van der Waals surface area contributed by atoms with E-state index in [1.807, 2.05) is 30.3 Å². The van der Waals surface area contributed by atoms with Gasteiger partial charge in [-0.15, -0.1) is 0 Å². The number of benzene rings is 2. The predicted molar refractivity (Wildman–Crippen MR) is 100 cm³/mol. The molecule has 128 valence electrons. The summed E-state index contributed by atoms with van der Waals surface area (Å²) in [7, 11) is -3.75. The summed E-state index contributed by atoms with van der Waals surface area (Å²) in [6.07, 6.45) is 1.46. The number of rotatable bonds is 6. The highest BCUT2D eigenvalue weighted by molar-refractivity contribution is 7.92. The molecule has 0 bridgehead atoms. The van der Waals surface area contributed by atoms with E-state index in [2.05, 4.69) is 15.0 Å². The first-order valence-corrected chi connectivity index (χ1v) is 9.42. The van der Waals surface area contributed by atoms with Crippen molar-refractivity contribution in [3.05, 3.63) is 83.5 Å². The van der Waals surface area contributed by atoms with Gasteiger partial charge in [-0.25, -0.2) is 13.4 Å². The van der Waals surface area contributed by atoms with Gasteiger partial charge in [0.25, 0.3) is 10.0 Å². The third-order valence-corrected chi connectivity index (χ3v) is 5.34. The second kappa shape index (κ2) is 7.55. The van der Waals surface area contributed by atoms with Crippen molar-refractivity contribution in [2.45, 2.75) is 11.4 Å². The van der Waals surface area contributed by atoms with Crippen LogP contribution in [-0.2, 0) is 16.6 Å². The van der Waals surface area contributed by atoms with E-state index >= 15 is 0 Å². The molecule has 2 aromatic carbocycles. The minimum Gasteiger partial charge on any atom is -0.366 e. The maximum atomic E-state index is 12.4. The lowest BCUT2D eigenvalue weighted by Gasteiger charge is -2.10. The fourth-order valence-electron chi connectivity index (χ4n) is 2.22. The van der Waals surface area contributed by atoms with Crippen LogP contribution in [0.4, 0.5) is 11.5 Å². The molecule has 0 aliphatic rings. The predicted octanol–water partition coefficient (Wildman–Crippen LogP) is 4.15. The van der Waals surface area contributed by atoms with Gasteiger partial charge < -0.3 is 5.32 Å². The summed E-state index contributed by atoms with van der Waals surface area (Å²) in [5.74, 6) is 0.657. The van der Waals surface area contributed by atoms with Gasteiger partial charge >= 0.3 is 0 Å². The quantitative estimate of drug-likeness (QED) is 0.681. The number of halogens is 1. The van der Waals surface area contributed by atoms with Gasteiger partial charge in [-0.3, -0.25) is 4.72 Å². The van der Waals surface area contributed by atoms with Crippen molar-refractivity contribution in [3.63, 3.8) is 0 Å². The number of hydrogen-bond acceptors (Lipinski definition) is 4. The van der Waals surface area contributed by atoms with E-state index in [1.165, 1.54) is 18.3 Å². The fraction of sp³-hybridized carbons (Fsp3) is 0.0556. The van der Waals surface area contributed by atoms with Crippen LogP contribution >= 0.6 is 11.6 Å². The number of nitrogens with one attached hydrogen (secondary N) is 2. The van der Waals surface area contributed by atoms with Crippen molar-refractivity contribution in [2.75, 3.05) is 10.0 Å². The Balaban J connectivity index is 1.67. The Morgan fingerprint density at radius 3 is 2.32 bits per heavy atom. The average molecular weight is 374 g/mol. The van der Waals surface area contributed by atoms with Crippen molar-refractivity contribution in [1.82, 2.24) is 4.98 Å². The molecule has 0 saturated heterocycles. The van der Waals surface area contributed by atoms with Gasteiger partial charge in [0.2, 0.25) is 0 Å². The van der Waals surface area contributed by atoms with Crippen molar-refractivity contribution in [2.24, 2.45) is 0 Å². The molecule has 0 fully saturated rings. The zero-order valence-electron chi connectivity index (χ0n) is 13.2. The lowest BCUT2D eigenvalue weighted by Crippen LogP contribution is -2.13. The maximum Gasteiger partial charge on any atom is 0.263 e. The molecule has 1 aromatic heterocycles. The fourth-order valence-corrected chi connectivity index (χ4v) is 3.78. The smallest absolute Gasteiger partial charge is 0.263 e. The number of hydrogen-bond donors (Lipinski definition) is 2. The minimum atomic E-state index is -3.75. The van der Waals surface area contributed by atoms with Crippen molar-refractivity contribution >= 4 is 33.1 Å². The Kier molecular flexibility index (Phi) is 5.21. The normalized spacial score (nSPS) is 11.1. The van der Waals surface area contributed by atoms with E-state index in [4.69, 9.17) is 11.6 Å². The third kappa shape index (κ3) is 4.49. The monoisotopic (exact) mass is 373 g/mol. The minimum absolute atomic E-state index is 0.0305. The van der Waals surface area contributed by atoms with Gasteiger partial charge in [-0.2, -0.15) is 0 Å². The van der Waals surface area contributed by atoms with Crippen LogP contribution in [0, 0.1) is 0 Å². The molecule has 0 aliphatic heterocycles. The molecular weight excluding hydrogens is 358 g/mol. The Bertz CT molecular complexity index is 946. The van der Waals surface area contributed by atoms with E-state index < -0.39 is 10.0 Å². The maximum absolute atomic E-state index is 12.4. The molecule has 0 saturated carbocycles. The van der Waals surface area contributed by atoms with Crippen LogP contribution in [0.25, 0.3) is 0 Å². The topological polar surface area (TPSA) is 71.1 Å². The van der Waals surface area contributed by atoms with E-state index in [9.17, 15) is 8.42 Å². The molecule has 7 heteroatoms. The van der Waals surface area contributed by atoms with Crippen LogP contribution < -0.4 is 10.0 Å². The highest BCUT2D eigenvalue weighted by atomic mass is 35.5. The van der Waals surface area contributed by atoms with Gasteiger partial charge in [0.15, 0.2) is 0 Å². The molecule has 0 aliphatic carbocycles. The zero-order valence-corrected chi connectivity index (χ0v) is 14.8. The molecule has 0 amide bonds. The molecule has 25 heavy (non-hydrogen) atoms. The summed E-state index contributed by atoms with van der Waals surface area (Å²) in [6.45, 7) is 0.637. The van der Waals surface area contributed by atoms with Crippen LogP contribution in [0.2, 0.25) is 5.02 Å². The van der Waals surface area contributed by atoms with Crippen molar-refractivity contribution in [1.29, 1.82) is 0 Å². The molecule has 0 radical (unpaired) electrons. The second-order valence-electron chi connectivity index (χ2n) is 5.31. The summed E-state index contributed by atoms with van der Waals surface area (Å²) in [6, 6.07) is 19.6. The molecule has 0 unspecified atom stereocenters. The number of anilines is 2. The van der Waals surface area contributed by atoms with Gasteiger partial charge in [-0.1, -0.05) is 54.1 Å². The SMILES string of the molecule is O=S(=O)(Nc1ccc(NCc2ccccc2)nc1)c1ccccc1Cl. The van der Waals surface area contributed by atoms with Gasteiger partial charge in [0.1, 0.15) is 10.7 Å². The summed E-state index contributed by atoms with van der Waals surface area (Å²) in [5.41, 5.74) is 1.50. The number of aromatic nitrogens is 1. The van der Waals surface area contributed by atoms with Crippen LogP contribution in [0.3, 0.4) is 0 Å². The van der Waals surface area contributed by atoms with Crippen molar-refractivity contribution < 1.29 is 8.42 Å².